The van der Waals surface area contributed by atoms with E-state index in [2.05, 4.69) is 27.5 Å². The first-order valence-corrected chi connectivity index (χ1v) is 6.51. The number of carbonyl (C=O) groups excluding carboxylic acids is 1. The number of piperidine rings is 1. The number of aromatic nitrogens is 2. The van der Waals surface area contributed by atoms with Crippen molar-refractivity contribution in [2.75, 3.05) is 19.6 Å². The Hall–Kier alpha value is -1.49. The molecule has 0 bridgehead atoms. The Labute approximate surface area is 107 Å². The number of rotatable bonds is 4. The maximum Gasteiger partial charge on any atom is 0.271 e. The highest BCUT2D eigenvalue weighted by Crippen LogP contribution is 2.28. The number of hydrogen-bond donors (Lipinski definition) is 2. The van der Waals surface area contributed by atoms with Gasteiger partial charge >= 0.3 is 0 Å². The molecule has 1 fully saturated rings. The van der Waals surface area contributed by atoms with E-state index < -0.39 is 0 Å². The van der Waals surface area contributed by atoms with Gasteiger partial charge in [0.2, 0.25) is 0 Å². The van der Waals surface area contributed by atoms with E-state index >= 15 is 0 Å². The summed E-state index contributed by atoms with van der Waals surface area (Å²) in [4.78, 5) is 19.8. The molecule has 98 valence electrons. The van der Waals surface area contributed by atoms with Crippen molar-refractivity contribution in [2.45, 2.75) is 26.2 Å². The van der Waals surface area contributed by atoms with E-state index in [1.807, 2.05) is 0 Å². The Bertz CT molecular complexity index is 387. The quantitative estimate of drug-likeness (QED) is 0.833. The normalized spacial score (nSPS) is 23.6. The minimum absolute atomic E-state index is 0.138. The summed E-state index contributed by atoms with van der Waals surface area (Å²) in [6.45, 7) is 4.94. The van der Waals surface area contributed by atoms with Crippen LogP contribution >= 0.6 is 0 Å². The van der Waals surface area contributed by atoms with Gasteiger partial charge < -0.3 is 10.6 Å². The van der Waals surface area contributed by atoms with Crippen LogP contribution in [0.1, 0.15) is 36.7 Å². The molecular weight excluding hydrogens is 228 g/mol. The van der Waals surface area contributed by atoms with E-state index in [1.165, 1.54) is 18.8 Å². The first kappa shape index (κ1) is 13.0. The van der Waals surface area contributed by atoms with Crippen LogP contribution in [0.25, 0.3) is 0 Å². The third-order valence-electron chi connectivity index (χ3n) is 3.73. The molecule has 1 unspecified atom stereocenters. The zero-order chi connectivity index (χ0) is 12.8. The standard InChI is InChI=1S/C13H20N4O/c1-2-13(4-3-5-15-9-13)10-17-12(18)11-8-14-6-7-16-11/h6-8,15H,2-5,9-10H2,1H3,(H,17,18). The van der Waals surface area contributed by atoms with Crippen LogP contribution in [0.4, 0.5) is 0 Å². The molecule has 0 aromatic carbocycles. The number of carbonyl (C=O) groups is 1. The molecule has 0 spiro atoms. The molecule has 1 aliphatic heterocycles. The molecule has 0 radical (unpaired) electrons. The summed E-state index contributed by atoms with van der Waals surface area (Å²) in [6, 6.07) is 0. The SMILES string of the molecule is CCC1(CNC(=O)c2cnccn2)CCCNC1. The fourth-order valence-corrected chi connectivity index (χ4v) is 2.38. The van der Waals surface area contributed by atoms with Crippen LogP contribution in [-0.4, -0.2) is 35.5 Å². The predicted octanol–water partition coefficient (Wildman–Crippen LogP) is 0.986. The maximum atomic E-state index is 11.9. The van der Waals surface area contributed by atoms with Gasteiger partial charge in [-0.05, 0) is 31.2 Å². The first-order valence-electron chi connectivity index (χ1n) is 6.51. The van der Waals surface area contributed by atoms with Crippen molar-refractivity contribution < 1.29 is 4.79 Å². The lowest BCUT2D eigenvalue weighted by molar-refractivity contribution is 0.0909. The molecule has 0 aliphatic carbocycles. The summed E-state index contributed by atoms with van der Waals surface area (Å²) in [5.41, 5.74) is 0.573. The van der Waals surface area contributed by atoms with Crippen LogP contribution in [0.5, 0.6) is 0 Å². The van der Waals surface area contributed by atoms with Crippen molar-refractivity contribution in [1.29, 1.82) is 0 Å². The monoisotopic (exact) mass is 248 g/mol. The summed E-state index contributed by atoms with van der Waals surface area (Å²) in [7, 11) is 0. The van der Waals surface area contributed by atoms with Gasteiger partial charge in [-0.15, -0.1) is 0 Å². The van der Waals surface area contributed by atoms with Crippen molar-refractivity contribution in [3.05, 3.63) is 24.3 Å². The fraction of sp³-hybridized carbons (Fsp3) is 0.615. The maximum absolute atomic E-state index is 11.9. The van der Waals surface area contributed by atoms with Crippen LogP contribution in [0.3, 0.4) is 0 Å². The molecule has 18 heavy (non-hydrogen) atoms. The van der Waals surface area contributed by atoms with Crippen LogP contribution in [0.2, 0.25) is 0 Å². The number of nitrogens with zero attached hydrogens (tertiary/aromatic N) is 2. The predicted molar refractivity (Wildman–Crippen MR) is 69.2 cm³/mol. The van der Waals surface area contributed by atoms with Gasteiger partial charge in [0.25, 0.3) is 5.91 Å². The van der Waals surface area contributed by atoms with E-state index in [1.54, 1.807) is 6.20 Å². The zero-order valence-electron chi connectivity index (χ0n) is 10.8. The summed E-state index contributed by atoms with van der Waals surface area (Å²) >= 11 is 0. The van der Waals surface area contributed by atoms with Gasteiger partial charge in [0, 0.05) is 25.5 Å². The highest BCUT2D eigenvalue weighted by atomic mass is 16.1. The molecule has 0 saturated carbocycles. The fourth-order valence-electron chi connectivity index (χ4n) is 2.38. The Morgan fingerprint density at radius 1 is 1.56 bits per heavy atom. The Morgan fingerprint density at radius 3 is 3.06 bits per heavy atom. The van der Waals surface area contributed by atoms with Gasteiger partial charge in [-0.25, -0.2) is 4.98 Å². The molecule has 1 saturated heterocycles. The largest absolute Gasteiger partial charge is 0.350 e. The van der Waals surface area contributed by atoms with Crippen molar-refractivity contribution in [3.8, 4) is 0 Å². The second kappa shape index (κ2) is 5.91. The summed E-state index contributed by atoms with van der Waals surface area (Å²) < 4.78 is 0. The van der Waals surface area contributed by atoms with Gasteiger partial charge in [0.05, 0.1) is 6.20 Å². The van der Waals surface area contributed by atoms with Gasteiger partial charge in [-0.3, -0.25) is 9.78 Å². The number of hydrogen-bond acceptors (Lipinski definition) is 4. The van der Waals surface area contributed by atoms with Gasteiger partial charge in [-0.1, -0.05) is 6.92 Å². The molecule has 1 aliphatic rings. The number of amides is 1. The van der Waals surface area contributed by atoms with Crippen molar-refractivity contribution in [1.82, 2.24) is 20.6 Å². The summed E-state index contributed by atoms with van der Waals surface area (Å²) in [5, 5.41) is 6.39. The van der Waals surface area contributed by atoms with E-state index in [0.717, 1.165) is 25.9 Å². The third-order valence-corrected chi connectivity index (χ3v) is 3.73. The Morgan fingerprint density at radius 2 is 2.44 bits per heavy atom. The zero-order valence-corrected chi connectivity index (χ0v) is 10.8. The van der Waals surface area contributed by atoms with Crippen LogP contribution in [0.15, 0.2) is 18.6 Å². The molecule has 1 aromatic heterocycles. The van der Waals surface area contributed by atoms with E-state index in [-0.39, 0.29) is 11.3 Å². The van der Waals surface area contributed by atoms with Gasteiger partial charge in [-0.2, -0.15) is 0 Å². The lowest BCUT2D eigenvalue weighted by atomic mass is 9.78. The second-order valence-electron chi connectivity index (χ2n) is 4.91. The number of nitrogens with one attached hydrogen (secondary N) is 2. The average Bonchev–Trinajstić information content (AvgIpc) is 2.47. The van der Waals surface area contributed by atoms with Gasteiger partial charge in [0.1, 0.15) is 5.69 Å². The Kier molecular flexibility index (Phi) is 4.25. The third kappa shape index (κ3) is 3.04. The molecule has 5 heteroatoms. The Balaban J connectivity index is 1.92. The summed E-state index contributed by atoms with van der Waals surface area (Å²) in [5.74, 6) is -0.138. The van der Waals surface area contributed by atoms with E-state index in [0.29, 0.717) is 12.2 Å². The lowest BCUT2D eigenvalue weighted by Gasteiger charge is -2.37. The second-order valence-corrected chi connectivity index (χ2v) is 4.91. The topological polar surface area (TPSA) is 66.9 Å². The van der Waals surface area contributed by atoms with E-state index in [9.17, 15) is 4.79 Å². The highest BCUT2D eigenvalue weighted by molar-refractivity contribution is 5.91. The first-order chi connectivity index (χ1) is 8.76. The summed E-state index contributed by atoms with van der Waals surface area (Å²) in [6.07, 6.45) is 8.00. The van der Waals surface area contributed by atoms with Crippen molar-refractivity contribution in [2.24, 2.45) is 5.41 Å². The van der Waals surface area contributed by atoms with Gasteiger partial charge in [0.15, 0.2) is 0 Å². The highest BCUT2D eigenvalue weighted by Gasteiger charge is 2.30. The van der Waals surface area contributed by atoms with Crippen LogP contribution < -0.4 is 10.6 Å². The minimum atomic E-state index is -0.138. The molecule has 2 N–H and O–H groups in total. The molecule has 2 heterocycles. The average molecular weight is 248 g/mol. The smallest absolute Gasteiger partial charge is 0.271 e. The molecule has 2 rings (SSSR count). The molecular formula is C13H20N4O. The molecule has 5 nitrogen and oxygen atoms in total. The minimum Gasteiger partial charge on any atom is -0.350 e. The van der Waals surface area contributed by atoms with Crippen LogP contribution in [0, 0.1) is 5.41 Å². The molecule has 1 aromatic rings. The lowest BCUT2D eigenvalue weighted by Crippen LogP contribution is -2.47. The molecule has 1 atom stereocenters. The van der Waals surface area contributed by atoms with E-state index in [4.69, 9.17) is 0 Å². The van der Waals surface area contributed by atoms with Crippen molar-refractivity contribution >= 4 is 5.91 Å². The van der Waals surface area contributed by atoms with Crippen LogP contribution in [-0.2, 0) is 0 Å². The van der Waals surface area contributed by atoms with Crippen molar-refractivity contribution in [3.63, 3.8) is 0 Å². The molecule has 1 amide bonds.